The van der Waals surface area contributed by atoms with Gasteiger partial charge in [-0.05, 0) is 142 Å². The summed E-state index contributed by atoms with van der Waals surface area (Å²) >= 11 is 12.3. The first-order chi connectivity index (χ1) is 20.6. The molecule has 0 unspecified atom stereocenters. The molecule has 0 spiro atoms. The van der Waals surface area contributed by atoms with E-state index in [1.54, 1.807) is 0 Å². The summed E-state index contributed by atoms with van der Waals surface area (Å²) in [5.41, 5.74) is 0. The summed E-state index contributed by atoms with van der Waals surface area (Å²) in [5.74, 6) is 7.01. The van der Waals surface area contributed by atoms with Gasteiger partial charge < -0.3 is 0 Å². The van der Waals surface area contributed by atoms with Crippen molar-refractivity contribution in [2.45, 2.75) is 109 Å². The van der Waals surface area contributed by atoms with E-state index in [1.165, 1.54) is 135 Å². The Morgan fingerprint density at radius 1 is 0.286 bits per heavy atom. The van der Waals surface area contributed by atoms with Crippen molar-refractivity contribution < 1.29 is 0 Å². The standard InChI is InChI=1S/C36H48S6/c1-7-13-37-31-19-25-26(20-32(31)38-14-8-2)28-22-34(40-16-10-4)36(42-18-12-6)24-30(28)29-23-35(41-17-11-5)33(21-27(25)29)39-15-9-3/h19-24H,7-18H2,1-6H3. The Balaban J connectivity index is 2.12. The minimum Gasteiger partial charge on any atom is -0.125 e. The SMILES string of the molecule is CCCSc1cc2c3cc(SCCC)c(SCCC)cc3c3cc(SCCC)c(SCCC)cc3c2cc1SCCC. The van der Waals surface area contributed by atoms with Crippen molar-refractivity contribution in [2.24, 2.45) is 0 Å². The lowest BCUT2D eigenvalue weighted by Crippen LogP contribution is -1.93. The molecule has 0 aromatic heterocycles. The lowest BCUT2D eigenvalue weighted by atomic mass is 9.94. The van der Waals surface area contributed by atoms with E-state index in [0.29, 0.717) is 0 Å². The molecule has 0 fully saturated rings. The third-order valence-corrected chi connectivity index (χ3v) is 14.8. The molecule has 4 aromatic rings. The van der Waals surface area contributed by atoms with Gasteiger partial charge >= 0.3 is 0 Å². The van der Waals surface area contributed by atoms with Crippen LogP contribution < -0.4 is 0 Å². The molecule has 6 heteroatoms. The highest BCUT2D eigenvalue weighted by molar-refractivity contribution is 8.03. The first-order valence-corrected chi connectivity index (χ1v) is 21.8. The molecule has 42 heavy (non-hydrogen) atoms. The van der Waals surface area contributed by atoms with E-state index in [1.807, 2.05) is 70.6 Å². The maximum Gasteiger partial charge on any atom is 0.0215 e. The van der Waals surface area contributed by atoms with Gasteiger partial charge in [-0.1, -0.05) is 41.5 Å². The Labute approximate surface area is 281 Å². The maximum atomic E-state index is 2.56. The largest absolute Gasteiger partial charge is 0.125 e. The Kier molecular flexibility index (Phi) is 14.9. The molecule has 0 aliphatic carbocycles. The van der Waals surface area contributed by atoms with Crippen molar-refractivity contribution in [1.29, 1.82) is 0 Å². The minimum absolute atomic E-state index is 1.17. The molecule has 0 saturated carbocycles. The van der Waals surface area contributed by atoms with Crippen molar-refractivity contribution in [3.8, 4) is 0 Å². The summed E-state index contributed by atoms with van der Waals surface area (Å²) in [6.07, 6.45) is 7.20. The van der Waals surface area contributed by atoms with Gasteiger partial charge in [0.25, 0.3) is 0 Å². The monoisotopic (exact) mass is 672 g/mol. The van der Waals surface area contributed by atoms with Gasteiger partial charge in [-0.2, -0.15) is 0 Å². The Morgan fingerprint density at radius 3 is 0.548 bits per heavy atom. The smallest absolute Gasteiger partial charge is 0.0215 e. The predicted molar refractivity (Wildman–Crippen MR) is 205 cm³/mol. The molecule has 0 atom stereocenters. The summed E-state index contributed by atoms with van der Waals surface area (Å²) < 4.78 is 0. The fraction of sp³-hybridized carbons (Fsp3) is 0.500. The van der Waals surface area contributed by atoms with Crippen LogP contribution in [0.4, 0.5) is 0 Å². The second-order valence-corrected chi connectivity index (χ2v) is 17.4. The highest BCUT2D eigenvalue weighted by atomic mass is 32.2. The molecule has 4 rings (SSSR count). The van der Waals surface area contributed by atoms with Gasteiger partial charge in [0, 0.05) is 29.4 Å². The number of benzene rings is 4. The third kappa shape index (κ3) is 8.51. The topological polar surface area (TPSA) is 0 Å². The summed E-state index contributed by atoms with van der Waals surface area (Å²) in [4.78, 5) is 8.79. The predicted octanol–water partition coefficient (Wildman–Crippen LogP) is 14.2. The Hall–Kier alpha value is -0.240. The van der Waals surface area contributed by atoms with E-state index < -0.39 is 0 Å². The van der Waals surface area contributed by atoms with E-state index in [9.17, 15) is 0 Å². The molecule has 0 saturated heterocycles. The first-order valence-electron chi connectivity index (χ1n) is 15.9. The van der Waals surface area contributed by atoms with Gasteiger partial charge in [-0.15, -0.1) is 70.6 Å². The molecule has 0 bridgehead atoms. The van der Waals surface area contributed by atoms with Gasteiger partial charge in [0.05, 0.1) is 0 Å². The number of hydrogen-bond acceptors (Lipinski definition) is 6. The van der Waals surface area contributed by atoms with Gasteiger partial charge in [-0.25, -0.2) is 0 Å². The van der Waals surface area contributed by atoms with Crippen LogP contribution >= 0.6 is 70.6 Å². The zero-order valence-electron chi connectivity index (χ0n) is 26.4. The minimum atomic E-state index is 1.17. The zero-order chi connectivity index (χ0) is 29.9. The van der Waals surface area contributed by atoms with Crippen LogP contribution in [0.15, 0.2) is 65.8 Å². The molecule has 0 heterocycles. The Bertz CT molecular complexity index is 1150. The lowest BCUT2D eigenvalue weighted by Gasteiger charge is -2.19. The van der Waals surface area contributed by atoms with Gasteiger partial charge in [0.1, 0.15) is 0 Å². The number of thioether (sulfide) groups is 6. The maximum absolute atomic E-state index is 2.56. The van der Waals surface area contributed by atoms with Crippen LogP contribution in [0.1, 0.15) is 80.1 Å². The fourth-order valence-electron chi connectivity index (χ4n) is 4.97. The highest BCUT2D eigenvalue weighted by Crippen LogP contribution is 2.47. The van der Waals surface area contributed by atoms with Crippen LogP contribution in [-0.2, 0) is 0 Å². The van der Waals surface area contributed by atoms with Crippen LogP contribution in [0, 0.1) is 0 Å². The number of fused-ring (bicyclic) bond motifs is 6. The van der Waals surface area contributed by atoms with E-state index in [0.717, 1.165) is 0 Å². The Morgan fingerprint density at radius 2 is 0.429 bits per heavy atom. The molecule has 0 amide bonds. The van der Waals surface area contributed by atoms with Crippen molar-refractivity contribution in [3.63, 3.8) is 0 Å². The summed E-state index contributed by atoms with van der Waals surface area (Å²) in [6.45, 7) is 13.8. The molecule has 0 nitrogen and oxygen atoms in total. The van der Waals surface area contributed by atoms with Gasteiger partial charge in [0.15, 0.2) is 0 Å². The molecular weight excluding hydrogens is 625 g/mol. The van der Waals surface area contributed by atoms with Crippen molar-refractivity contribution in [3.05, 3.63) is 36.4 Å². The van der Waals surface area contributed by atoms with Crippen LogP contribution in [-0.4, -0.2) is 34.5 Å². The van der Waals surface area contributed by atoms with E-state index in [2.05, 4.69) is 77.9 Å². The molecule has 0 aliphatic rings. The summed E-state index contributed by atoms with van der Waals surface area (Å²) in [7, 11) is 0. The molecule has 4 aromatic carbocycles. The third-order valence-electron chi connectivity index (χ3n) is 6.89. The van der Waals surface area contributed by atoms with Gasteiger partial charge in [-0.3, -0.25) is 0 Å². The van der Waals surface area contributed by atoms with E-state index in [4.69, 9.17) is 0 Å². The lowest BCUT2D eigenvalue weighted by molar-refractivity contribution is 1.09. The van der Waals surface area contributed by atoms with Crippen molar-refractivity contribution >= 4 is 103 Å². The average Bonchev–Trinajstić information content (AvgIpc) is 3.01. The number of hydrogen-bond donors (Lipinski definition) is 0. The highest BCUT2D eigenvalue weighted by Gasteiger charge is 2.18. The summed E-state index contributed by atoms with van der Waals surface area (Å²) in [5, 5.41) is 8.60. The normalized spacial score (nSPS) is 11.9. The second-order valence-electron chi connectivity index (χ2n) is 10.6. The van der Waals surface area contributed by atoms with Crippen LogP contribution in [0.25, 0.3) is 32.3 Å². The number of rotatable bonds is 18. The van der Waals surface area contributed by atoms with E-state index >= 15 is 0 Å². The molecule has 0 N–H and O–H groups in total. The quantitative estimate of drug-likeness (QED) is 0.0756. The molecule has 0 aliphatic heterocycles. The zero-order valence-corrected chi connectivity index (χ0v) is 31.3. The van der Waals surface area contributed by atoms with Gasteiger partial charge in [0.2, 0.25) is 0 Å². The molecule has 0 radical (unpaired) electrons. The summed E-state index contributed by atoms with van der Waals surface area (Å²) in [6, 6.07) is 15.3. The van der Waals surface area contributed by atoms with Crippen molar-refractivity contribution in [2.75, 3.05) is 34.5 Å². The average molecular weight is 673 g/mol. The van der Waals surface area contributed by atoms with Crippen LogP contribution in [0.5, 0.6) is 0 Å². The van der Waals surface area contributed by atoms with Crippen LogP contribution in [0.2, 0.25) is 0 Å². The van der Waals surface area contributed by atoms with Crippen molar-refractivity contribution in [1.82, 2.24) is 0 Å². The van der Waals surface area contributed by atoms with Crippen LogP contribution in [0.3, 0.4) is 0 Å². The first kappa shape index (κ1) is 34.6. The molecule has 228 valence electrons. The fourth-order valence-corrected chi connectivity index (χ4v) is 11.0. The second kappa shape index (κ2) is 18.0. The van der Waals surface area contributed by atoms with E-state index in [-0.39, 0.29) is 0 Å². The molecular formula is C36H48S6.